The van der Waals surface area contributed by atoms with Crippen LogP contribution in [0.25, 0.3) is 0 Å². The number of anilines is 1. The van der Waals surface area contributed by atoms with Crippen molar-refractivity contribution in [3.8, 4) is 0 Å². The van der Waals surface area contributed by atoms with Gasteiger partial charge in [0.1, 0.15) is 0 Å². The molecule has 1 aromatic heterocycles. The van der Waals surface area contributed by atoms with E-state index in [0.717, 1.165) is 0 Å². The third-order valence-electron chi connectivity index (χ3n) is 2.92. The number of benzene rings is 1. The van der Waals surface area contributed by atoms with Gasteiger partial charge in [0.05, 0.1) is 5.56 Å². The van der Waals surface area contributed by atoms with Crippen LogP contribution >= 0.6 is 11.6 Å². The summed E-state index contributed by atoms with van der Waals surface area (Å²) in [6.45, 7) is 1.77. The highest BCUT2D eigenvalue weighted by molar-refractivity contribution is 6.30. The van der Waals surface area contributed by atoms with E-state index in [0.29, 0.717) is 22.7 Å². The van der Waals surface area contributed by atoms with E-state index in [9.17, 15) is 9.59 Å². The van der Waals surface area contributed by atoms with Crippen LogP contribution in [0.3, 0.4) is 0 Å². The molecular weight excluding hydrogens is 304 g/mol. The van der Waals surface area contributed by atoms with Gasteiger partial charge in [-0.3, -0.25) is 9.78 Å². The Morgan fingerprint density at radius 3 is 2.64 bits per heavy atom. The molecule has 114 valence electrons. The SMILES string of the molecule is CCC(OC(=O)c1ccncc1)C(=O)Nc1cccc(Cl)c1. The van der Waals surface area contributed by atoms with E-state index in [1.165, 1.54) is 24.5 Å². The number of hydrogen-bond acceptors (Lipinski definition) is 4. The summed E-state index contributed by atoms with van der Waals surface area (Å²) in [5, 5.41) is 3.19. The molecule has 1 heterocycles. The molecular formula is C16H15ClN2O3. The van der Waals surface area contributed by atoms with E-state index in [-0.39, 0.29) is 0 Å². The molecule has 1 unspecified atom stereocenters. The third kappa shape index (κ3) is 4.30. The second kappa shape index (κ2) is 7.56. The second-order valence-corrected chi connectivity index (χ2v) is 4.97. The average Bonchev–Trinajstić information content (AvgIpc) is 2.53. The number of pyridine rings is 1. The molecule has 0 aliphatic heterocycles. The average molecular weight is 319 g/mol. The first-order chi connectivity index (χ1) is 10.6. The number of amides is 1. The van der Waals surface area contributed by atoms with Crippen LogP contribution in [0.2, 0.25) is 5.02 Å². The van der Waals surface area contributed by atoms with E-state index in [2.05, 4.69) is 10.3 Å². The van der Waals surface area contributed by atoms with Crippen molar-refractivity contribution in [1.82, 2.24) is 4.98 Å². The van der Waals surface area contributed by atoms with Gasteiger partial charge in [-0.2, -0.15) is 0 Å². The normalized spacial score (nSPS) is 11.5. The minimum Gasteiger partial charge on any atom is -0.449 e. The van der Waals surface area contributed by atoms with E-state index in [1.54, 1.807) is 31.2 Å². The van der Waals surface area contributed by atoms with E-state index in [1.807, 2.05) is 0 Å². The molecule has 0 saturated carbocycles. The van der Waals surface area contributed by atoms with Gasteiger partial charge in [-0.1, -0.05) is 24.6 Å². The number of carbonyl (C=O) groups excluding carboxylic acids is 2. The van der Waals surface area contributed by atoms with Gasteiger partial charge in [-0.25, -0.2) is 4.79 Å². The zero-order chi connectivity index (χ0) is 15.9. The van der Waals surface area contributed by atoms with Crippen molar-refractivity contribution in [3.63, 3.8) is 0 Å². The van der Waals surface area contributed by atoms with Gasteiger partial charge in [0, 0.05) is 23.1 Å². The summed E-state index contributed by atoms with van der Waals surface area (Å²) >= 11 is 5.86. The predicted molar refractivity (Wildman–Crippen MR) is 83.8 cm³/mol. The topological polar surface area (TPSA) is 68.3 Å². The molecule has 0 aliphatic carbocycles. The molecule has 0 bridgehead atoms. The van der Waals surface area contributed by atoms with Crippen LogP contribution in [0, 0.1) is 0 Å². The minimum atomic E-state index is -0.875. The van der Waals surface area contributed by atoms with Crippen LogP contribution in [-0.4, -0.2) is 23.0 Å². The number of carbonyl (C=O) groups is 2. The fourth-order valence-electron chi connectivity index (χ4n) is 1.80. The lowest BCUT2D eigenvalue weighted by molar-refractivity contribution is -0.124. The molecule has 2 aromatic rings. The Balaban J connectivity index is 2.02. The molecule has 1 N–H and O–H groups in total. The molecule has 0 aliphatic rings. The zero-order valence-electron chi connectivity index (χ0n) is 12.0. The second-order valence-electron chi connectivity index (χ2n) is 4.54. The number of aromatic nitrogens is 1. The maximum Gasteiger partial charge on any atom is 0.339 e. The third-order valence-corrected chi connectivity index (χ3v) is 3.16. The number of halogens is 1. The Hall–Kier alpha value is -2.40. The van der Waals surface area contributed by atoms with E-state index in [4.69, 9.17) is 16.3 Å². The summed E-state index contributed by atoms with van der Waals surface area (Å²) < 4.78 is 5.24. The molecule has 0 radical (unpaired) electrons. The summed E-state index contributed by atoms with van der Waals surface area (Å²) in [6, 6.07) is 9.83. The molecule has 1 aromatic carbocycles. The van der Waals surface area contributed by atoms with Crippen molar-refractivity contribution in [1.29, 1.82) is 0 Å². The highest BCUT2D eigenvalue weighted by Crippen LogP contribution is 2.16. The largest absolute Gasteiger partial charge is 0.449 e. The van der Waals surface area contributed by atoms with Gasteiger partial charge >= 0.3 is 5.97 Å². The number of rotatable bonds is 5. The summed E-state index contributed by atoms with van der Waals surface area (Å²) in [5.41, 5.74) is 0.903. The first-order valence-corrected chi connectivity index (χ1v) is 7.15. The van der Waals surface area contributed by atoms with Gasteiger partial charge in [-0.05, 0) is 36.8 Å². The van der Waals surface area contributed by atoms with E-state index >= 15 is 0 Å². The van der Waals surface area contributed by atoms with Crippen molar-refractivity contribution >= 4 is 29.2 Å². The molecule has 0 fully saturated rings. The monoisotopic (exact) mass is 318 g/mol. The molecule has 1 amide bonds. The summed E-state index contributed by atoms with van der Waals surface area (Å²) in [7, 11) is 0. The number of nitrogens with one attached hydrogen (secondary N) is 1. The molecule has 2 rings (SSSR count). The van der Waals surface area contributed by atoms with Gasteiger partial charge in [0.2, 0.25) is 0 Å². The van der Waals surface area contributed by atoms with Gasteiger partial charge in [0.15, 0.2) is 6.10 Å². The smallest absolute Gasteiger partial charge is 0.339 e. The van der Waals surface area contributed by atoms with Crippen molar-refractivity contribution in [2.24, 2.45) is 0 Å². The Labute approximate surface area is 133 Å². The number of ether oxygens (including phenoxy) is 1. The number of hydrogen-bond donors (Lipinski definition) is 1. The van der Waals surface area contributed by atoms with Crippen LogP contribution < -0.4 is 5.32 Å². The molecule has 1 atom stereocenters. The van der Waals surface area contributed by atoms with E-state index < -0.39 is 18.0 Å². The molecule has 5 nitrogen and oxygen atoms in total. The van der Waals surface area contributed by atoms with Gasteiger partial charge in [0.25, 0.3) is 5.91 Å². The predicted octanol–water partition coefficient (Wildman–Crippen LogP) is 3.31. The Kier molecular flexibility index (Phi) is 5.49. The molecule has 6 heteroatoms. The Morgan fingerprint density at radius 1 is 1.27 bits per heavy atom. The van der Waals surface area contributed by atoms with Crippen molar-refractivity contribution < 1.29 is 14.3 Å². The molecule has 0 spiro atoms. The molecule has 0 saturated heterocycles. The van der Waals surface area contributed by atoms with Gasteiger partial charge in [-0.15, -0.1) is 0 Å². The fraction of sp³-hybridized carbons (Fsp3) is 0.188. The lowest BCUT2D eigenvalue weighted by Crippen LogP contribution is -2.32. The Bertz CT molecular complexity index is 661. The lowest BCUT2D eigenvalue weighted by atomic mass is 10.2. The van der Waals surface area contributed by atoms with Crippen LogP contribution in [0.5, 0.6) is 0 Å². The summed E-state index contributed by atoms with van der Waals surface area (Å²) in [5.74, 6) is -0.956. The first kappa shape index (κ1) is 16.0. The Morgan fingerprint density at radius 2 is 2.00 bits per heavy atom. The molecule has 22 heavy (non-hydrogen) atoms. The maximum absolute atomic E-state index is 12.2. The fourth-order valence-corrected chi connectivity index (χ4v) is 1.99. The zero-order valence-corrected chi connectivity index (χ0v) is 12.7. The van der Waals surface area contributed by atoms with Crippen LogP contribution in [0.1, 0.15) is 23.7 Å². The minimum absolute atomic E-state index is 0.351. The van der Waals surface area contributed by atoms with Crippen molar-refractivity contribution in [3.05, 3.63) is 59.4 Å². The lowest BCUT2D eigenvalue weighted by Gasteiger charge is -2.16. The van der Waals surface area contributed by atoms with Crippen LogP contribution in [-0.2, 0) is 9.53 Å². The van der Waals surface area contributed by atoms with Crippen LogP contribution in [0.15, 0.2) is 48.8 Å². The standard InChI is InChI=1S/C16H15ClN2O3/c1-2-14(22-16(21)11-6-8-18-9-7-11)15(20)19-13-5-3-4-12(17)10-13/h3-10,14H,2H2,1H3,(H,19,20). The first-order valence-electron chi connectivity index (χ1n) is 6.77. The highest BCUT2D eigenvalue weighted by Gasteiger charge is 2.22. The summed E-state index contributed by atoms with van der Waals surface area (Å²) in [6.07, 6.45) is 2.47. The van der Waals surface area contributed by atoms with Gasteiger partial charge < -0.3 is 10.1 Å². The quantitative estimate of drug-likeness (QED) is 0.859. The number of esters is 1. The van der Waals surface area contributed by atoms with Crippen LogP contribution in [0.4, 0.5) is 5.69 Å². The number of nitrogens with zero attached hydrogens (tertiary/aromatic N) is 1. The maximum atomic E-state index is 12.2. The summed E-state index contributed by atoms with van der Waals surface area (Å²) in [4.78, 5) is 28.0. The highest BCUT2D eigenvalue weighted by atomic mass is 35.5. The van der Waals surface area contributed by atoms with Crippen molar-refractivity contribution in [2.45, 2.75) is 19.4 Å². The van der Waals surface area contributed by atoms with Crippen molar-refractivity contribution in [2.75, 3.05) is 5.32 Å².